The summed E-state index contributed by atoms with van der Waals surface area (Å²) < 4.78 is 31.4. The summed E-state index contributed by atoms with van der Waals surface area (Å²) >= 11 is 6.09. The largest absolute Gasteiger partial charge is 0.465 e. The molecule has 0 saturated heterocycles. The topological polar surface area (TPSA) is 92.8 Å². The van der Waals surface area contributed by atoms with Crippen molar-refractivity contribution in [3.05, 3.63) is 58.6 Å². The van der Waals surface area contributed by atoms with Gasteiger partial charge in [0.2, 0.25) is 10.0 Å². The second kappa shape index (κ2) is 9.18. The molecule has 0 atom stereocenters. The number of sulfonamides is 1. The van der Waals surface area contributed by atoms with Crippen LogP contribution in [0.4, 0.5) is 5.69 Å². The molecule has 2 rings (SSSR count). The van der Waals surface area contributed by atoms with E-state index in [0.29, 0.717) is 24.2 Å². The van der Waals surface area contributed by atoms with E-state index in [1.807, 2.05) is 0 Å². The van der Waals surface area contributed by atoms with Crippen LogP contribution >= 0.6 is 11.6 Å². The van der Waals surface area contributed by atoms with E-state index in [9.17, 15) is 18.0 Å². The predicted octanol–water partition coefficient (Wildman–Crippen LogP) is 3.41. The number of nitrogens with one attached hydrogen (secondary N) is 1. The van der Waals surface area contributed by atoms with Gasteiger partial charge in [-0.15, -0.1) is 0 Å². The smallest absolute Gasteiger partial charge is 0.337 e. The number of halogens is 1. The molecule has 7 nitrogen and oxygen atoms in total. The minimum atomic E-state index is -3.77. The zero-order chi connectivity index (χ0) is 20.9. The second-order valence-electron chi connectivity index (χ2n) is 5.76. The first kappa shape index (κ1) is 21.9. The van der Waals surface area contributed by atoms with Crippen LogP contribution in [-0.2, 0) is 14.8 Å². The van der Waals surface area contributed by atoms with Crippen LogP contribution in [0.3, 0.4) is 0 Å². The summed E-state index contributed by atoms with van der Waals surface area (Å²) in [5.41, 5.74) is 0.908. The van der Waals surface area contributed by atoms with E-state index in [-0.39, 0.29) is 15.6 Å². The van der Waals surface area contributed by atoms with E-state index < -0.39 is 21.9 Å². The third-order valence-corrected chi connectivity index (χ3v) is 6.61. The van der Waals surface area contributed by atoms with E-state index in [0.717, 1.165) is 0 Å². The summed E-state index contributed by atoms with van der Waals surface area (Å²) in [7, 11) is -2.50. The summed E-state index contributed by atoms with van der Waals surface area (Å²) in [5, 5.41) is 2.72. The summed E-state index contributed by atoms with van der Waals surface area (Å²) in [6, 6.07) is 10.2. The van der Waals surface area contributed by atoms with Crippen LogP contribution in [0.2, 0.25) is 5.02 Å². The third-order valence-electron chi connectivity index (χ3n) is 4.08. The van der Waals surface area contributed by atoms with Crippen LogP contribution in [0, 0.1) is 0 Å². The molecular weight excluding hydrogens is 404 g/mol. The van der Waals surface area contributed by atoms with Gasteiger partial charge in [-0.05, 0) is 42.5 Å². The fraction of sp³-hybridized carbons (Fsp3) is 0.263. The molecule has 2 aromatic rings. The van der Waals surface area contributed by atoms with E-state index in [4.69, 9.17) is 11.6 Å². The Kier molecular flexibility index (Phi) is 7.17. The highest BCUT2D eigenvalue weighted by atomic mass is 35.5. The van der Waals surface area contributed by atoms with Gasteiger partial charge in [0.15, 0.2) is 0 Å². The third kappa shape index (κ3) is 4.70. The average Bonchev–Trinajstić information content (AvgIpc) is 2.69. The number of carbonyl (C=O) groups is 2. The van der Waals surface area contributed by atoms with Crippen LogP contribution < -0.4 is 5.32 Å². The summed E-state index contributed by atoms with van der Waals surface area (Å²) in [6.07, 6.45) is 0. The Hall–Kier alpha value is -2.42. The quantitative estimate of drug-likeness (QED) is 0.687. The average molecular weight is 425 g/mol. The van der Waals surface area contributed by atoms with Crippen molar-refractivity contribution < 1.29 is 22.7 Å². The van der Waals surface area contributed by atoms with Gasteiger partial charge >= 0.3 is 5.97 Å². The second-order valence-corrected chi connectivity index (χ2v) is 8.07. The first-order valence-electron chi connectivity index (χ1n) is 8.54. The molecule has 0 spiro atoms. The number of hydrogen-bond donors (Lipinski definition) is 1. The number of rotatable bonds is 7. The minimum Gasteiger partial charge on any atom is -0.465 e. The van der Waals surface area contributed by atoms with Crippen LogP contribution in [0.15, 0.2) is 47.4 Å². The Morgan fingerprint density at radius 3 is 2.14 bits per heavy atom. The van der Waals surface area contributed by atoms with Crippen molar-refractivity contribution in [2.24, 2.45) is 0 Å². The lowest BCUT2D eigenvalue weighted by molar-refractivity contribution is 0.0600. The van der Waals surface area contributed by atoms with E-state index in [1.54, 1.807) is 13.8 Å². The molecular formula is C19H21ClN2O5S. The number of anilines is 1. The standard InChI is InChI=1S/C19H21ClN2O5S/c1-4-22(5-2)28(25,26)17-12-15(10-11-16(17)20)21-18(23)13-6-8-14(9-7-13)19(24)27-3/h6-12H,4-5H2,1-3H3,(H,21,23). The van der Waals surface area contributed by atoms with E-state index >= 15 is 0 Å². The molecule has 0 aromatic heterocycles. The molecule has 2 aromatic carbocycles. The van der Waals surface area contributed by atoms with Gasteiger partial charge in [0.25, 0.3) is 5.91 Å². The number of ether oxygens (including phenoxy) is 1. The SMILES string of the molecule is CCN(CC)S(=O)(=O)c1cc(NC(=O)c2ccc(C(=O)OC)cc2)ccc1Cl. The maximum atomic E-state index is 12.7. The number of nitrogens with zero attached hydrogens (tertiary/aromatic N) is 1. The van der Waals surface area contributed by atoms with Gasteiger partial charge in [0.1, 0.15) is 4.90 Å². The predicted molar refractivity (Wildman–Crippen MR) is 107 cm³/mol. The fourth-order valence-corrected chi connectivity index (χ4v) is 4.52. The molecule has 0 aliphatic rings. The Balaban J connectivity index is 2.28. The molecule has 1 amide bonds. The van der Waals surface area contributed by atoms with Crippen molar-refractivity contribution in [1.29, 1.82) is 0 Å². The van der Waals surface area contributed by atoms with Crippen molar-refractivity contribution in [3.8, 4) is 0 Å². The summed E-state index contributed by atoms with van der Waals surface area (Å²) in [5.74, 6) is -0.958. The lowest BCUT2D eigenvalue weighted by Gasteiger charge is -2.19. The first-order valence-corrected chi connectivity index (χ1v) is 10.4. The molecule has 0 aliphatic heterocycles. The number of amides is 1. The highest BCUT2D eigenvalue weighted by Crippen LogP contribution is 2.28. The number of hydrogen-bond acceptors (Lipinski definition) is 5. The molecule has 28 heavy (non-hydrogen) atoms. The molecule has 0 bridgehead atoms. The van der Waals surface area contributed by atoms with Crippen molar-refractivity contribution >= 4 is 39.2 Å². The van der Waals surface area contributed by atoms with Crippen LogP contribution in [0.25, 0.3) is 0 Å². The Bertz CT molecular complexity index is 970. The van der Waals surface area contributed by atoms with Gasteiger partial charge in [-0.2, -0.15) is 4.31 Å². The maximum Gasteiger partial charge on any atom is 0.337 e. The van der Waals surface area contributed by atoms with Gasteiger partial charge < -0.3 is 10.1 Å². The number of benzene rings is 2. The molecule has 9 heteroatoms. The van der Waals surface area contributed by atoms with Gasteiger partial charge in [-0.1, -0.05) is 25.4 Å². The van der Waals surface area contributed by atoms with E-state index in [1.165, 1.54) is 53.9 Å². The van der Waals surface area contributed by atoms with Crippen molar-refractivity contribution in [1.82, 2.24) is 4.31 Å². The Labute approximate surface area is 169 Å². The van der Waals surface area contributed by atoms with Crippen LogP contribution in [0.1, 0.15) is 34.6 Å². The molecule has 0 unspecified atom stereocenters. The lowest BCUT2D eigenvalue weighted by atomic mass is 10.1. The lowest BCUT2D eigenvalue weighted by Crippen LogP contribution is -2.30. The highest BCUT2D eigenvalue weighted by Gasteiger charge is 2.25. The van der Waals surface area contributed by atoms with Crippen LogP contribution in [0.5, 0.6) is 0 Å². The van der Waals surface area contributed by atoms with Gasteiger partial charge in [0, 0.05) is 24.3 Å². The number of carbonyl (C=O) groups excluding carboxylic acids is 2. The fourth-order valence-electron chi connectivity index (χ4n) is 2.56. The highest BCUT2D eigenvalue weighted by molar-refractivity contribution is 7.89. The Morgan fingerprint density at radius 2 is 1.61 bits per heavy atom. The van der Waals surface area contributed by atoms with Crippen molar-refractivity contribution in [3.63, 3.8) is 0 Å². The molecule has 1 N–H and O–H groups in total. The first-order chi connectivity index (χ1) is 13.2. The maximum absolute atomic E-state index is 12.7. The molecule has 0 saturated carbocycles. The molecule has 0 heterocycles. The number of esters is 1. The monoisotopic (exact) mass is 424 g/mol. The minimum absolute atomic E-state index is 0.0725. The summed E-state index contributed by atoms with van der Waals surface area (Å²) in [4.78, 5) is 23.8. The van der Waals surface area contributed by atoms with Crippen molar-refractivity contribution in [2.45, 2.75) is 18.7 Å². The normalized spacial score (nSPS) is 11.3. The summed E-state index contributed by atoms with van der Waals surface area (Å²) in [6.45, 7) is 4.08. The zero-order valence-electron chi connectivity index (χ0n) is 15.7. The molecule has 150 valence electrons. The van der Waals surface area contributed by atoms with Gasteiger partial charge in [0.05, 0.1) is 17.7 Å². The molecule has 0 aliphatic carbocycles. The van der Waals surface area contributed by atoms with Gasteiger partial charge in [-0.25, -0.2) is 13.2 Å². The molecule has 0 radical (unpaired) electrons. The van der Waals surface area contributed by atoms with Crippen LogP contribution in [-0.4, -0.2) is 44.8 Å². The zero-order valence-corrected chi connectivity index (χ0v) is 17.3. The Morgan fingerprint density at radius 1 is 1.04 bits per heavy atom. The van der Waals surface area contributed by atoms with E-state index in [2.05, 4.69) is 10.1 Å². The molecule has 0 fully saturated rings. The van der Waals surface area contributed by atoms with Gasteiger partial charge in [-0.3, -0.25) is 4.79 Å². The number of methoxy groups -OCH3 is 1. The van der Waals surface area contributed by atoms with Crippen molar-refractivity contribution in [2.75, 3.05) is 25.5 Å².